The molecule has 1 amide bonds. The fraction of sp³-hybridized carbons (Fsp3) is 0.0625. The molecule has 0 saturated carbocycles. The number of hydrogen-bond donors (Lipinski definition) is 2. The van der Waals surface area contributed by atoms with Crippen LogP contribution in [0.3, 0.4) is 0 Å². The van der Waals surface area contributed by atoms with Crippen LogP contribution in [0.5, 0.6) is 0 Å². The zero-order valence-corrected chi connectivity index (χ0v) is 16.1. The van der Waals surface area contributed by atoms with Crippen molar-refractivity contribution in [3.63, 3.8) is 0 Å². The number of rotatable bonds is 7. The van der Waals surface area contributed by atoms with Gasteiger partial charge in [0.05, 0.1) is 15.6 Å². The first-order chi connectivity index (χ1) is 13.7. The summed E-state index contributed by atoms with van der Waals surface area (Å²) in [6, 6.07) is 11.0. The molecule has 1 heterocycles. The number of aromatic nitrogens is 2. The highest BCUT2D eigenvalue weighted by Crippen LogP contribution is 2.24. The van der Waals surface area contributed by atoms with E-state index in [0.29, 0.717) is 11.3 Å². The van der Waals surface area contributed by atoms with Crippen molar-refractivity contribution >= 4 is 39.1 Å². The molecular formula is C16H13N5O6S2. The van der Waals surface area contributed by atoms with Gasteiger partial charge in [0.1, 0.15) is 0 Å². The Hall–Kier alpha value is -3.29. The first-order valence-corrected chi connectivity index (χ1v) is 10.4. The molecule has 0 atom stereocenters. The van der Waals surface area contributed by atoms with Crippen molar-refractivity contribution in [1.29, 1.82) is 0 Å². The SMILES string of the molecule is NS(=O)(=O)c1ccc(-c2nnc(SCC(=O)Nc3ccc([N+](=O)[O-])cc3)o2)cc1. The van der Waals surface area contributed by atoms with Crippen LogP contribution in [0.2, 0.25) is 0 Å². The molecule has 0 spiro atoms. The highest BCUT2D eigenvalue weighted by molar-refractivity contribution is 7.99. The molecule has 1 aromatic heterocycles. The van der Waals surface area contributed by atoms with Crippen molar-refractivity contribution in [3.8, 4) is 11.5 Å². The van der Waals surface area contributed by atoms with Crippen molar-refractivity contribution in [2.75, 3.05) is 11.1 Å². The van der Waals surface area contributed by atoms with E-state index >= 15 is 0 Å². The van der Waals surface area contributed by atoms with E-state index in [2.05, 4.69) is 15.5 Å². The second kappa shape index (κ2) is 8.38. The normalized spacial score (nSPS) is 11.2. The number of carbonyl (C=O) groups excluding carboxylic acids is 1. The van der Waals surface area contributed by atoms with E-state index < -0.39 is 14.9 Å². The Morgan fingerprint density at radius 3 is 2.38 bits per heavy atom. The number of nitro groups is 1. The summed E-state index contributed by atoms with van der Waals surface area (Å²) >= 11 is 1.00. The first kappa shape index (κ1) is 20.4. The van der Waals surface area contributed by atoms with Crippen LogP contribution in [-0.2, 0) is 14.8 Å². The molecule has 3 N–H and O–H groups in total. The number of hydrogen-bond acceptors (Lipinski definition) is 9. The summed E-state index contributed by atoms with van der Waals surface area (Å²) in [5.74, 6) is -0.228. The summed E-state index contributed by atoms with van der Waals surface area (Å²) in [7, 11) is -3.80. The van der Waals surface area contributed by atoms with Gasteiger partial charge in [-0.3, -0.25) is 14.9 Å². The Kier molecular flexibility index (Phi) is 5.91. The number of non-ortho nitro benzene ring substituents is 1. The number of amides is 1. The number of benzene rings is 2. The van der Waals surface area contributed by atoms with Gasteiger partial charge in [-0.2, -0.15) is 0 Å². The molecule has 11 nitrogen and oxygen atoms in total. The fourth-order valence-corrected chi connectivity index (χ4v) is 3.24. The lowest BCUT2D eigenvalue weighted by Gasteiger charge is -2.03. The van der Waals surface area contributed by atoms with Crippen LogP contribution in [-0.4, -0.2) is 35.2 Å². The minimum atomic E-state index is -3.80. The van der Waals surface area contributed by atoms with Gasteiger partial charge in [0.15, 0.2) is 0 Å². The zero-order valence-electron chi connectivity index (χ0n) is 14.5. The number of thioether (sulfide) groups is 1. The Morgan fingerprint density at radius 2 is 1.79 bits per heavy atom. The first-order valence-electron chi connectivity index (χ1n) is 7.86. The average molecular weight is 435 g/mol. The second-order valence-electron chi connectivity index (χ2n) is 5.58. The predicted octanol–water partition coefficient (Wildman–Crippen LogP) is 2.02. The number of nitrogens with zero attached hydrogens (tertiary/aromatic N) is 3. The molecule has 0 fully saturated rings. The molecule has 3 rings (SSSR count). The van der Waals surface area contributed by atoms with E-state index in [9.17, 15) is 23.3 Å². The van der Waals surface area contributed by atoms with E-state index in [-0.39, 0.29) is 33.4 Å². The third-order valence-corrected chi connectivity index (χ3v) is 5.27. The highest BCUT2D eigenvalue weighted by Gasteiger charge is 2.13. The predicted molar refractivity (Wildman–Crippen MR) is 104 cm³/mol. The molecule has 0 saturated heterocycles. The lowest BCUT2D eigenvalue weighted by atomic mass is 10.2. The fourth-order valence-electron chi connectivity index (χ4n) is 2.16. The Morgan fingerprint density at radius 1 is 1.14 bits per heavy atom. The van der Waals surface area contributed by atoms with Gasteiger partial charge in [-0.1, -0.05) is 11.8 Å². The Labute approximate surface area is 168 Å². The maximum atomic E-state index is 12.0. The molecule has 0 aliphatic heterocycles. The van der Waals surface area contributed by atoms with E-state index in [1.807, 2.05) is 0 Å². The van der Waals surface area contributed by atoms with Gasteiger partial charge in [0.25, 0.3) is 10.9 Å². The van der Waals surface area contributed by atoms with Crippen molar-refractivity contribution < 1.29 is 22.6 Å². The molecule has 0 radical (unpaired) electrons. The number of primary sulfonamides is 1. The number of nitro benzene ring substituents is 1. The van der Waals surface area contributed by atoms with Crippen molar-refractivity contribution in [3.05, 3.63) is 58.6 Å². The number of nitrogens with one attached hydrogen (secondary N) is 1. The summed E-state index contributed by atoms with van der Waals surface area (Å²) in [5, 5.41) is 26.1. The van der Waals surface area contributed by atoms with Crippen LogP contribution in [0, 0.1) is 10.1 Å². The molecular weight excluding hydrogens is 422 g/mol. The van der Waals surface area contributed by atoms with Crippen LogP contribution < -0.4 is 10.5 Å². The standard InChI is InChI=1S/C16H13N5O6S2/c17-29(25,26)13-7-1-10(2-8-13)15-19-20-16(27-15)28-9-14(22)18-11-3-5-12(6-4-11)21(23)24/h1-8H,9H2,(H,18,22)(H2,17,25,26). The number of nitrogens with two attached hydrogens (primary N) is 1. The van der Waals surface area contributed by atoms with Crippen molar-refractivity contribution in [1.82, 2.24) is 10.2 Å². The molecule has 0 bridgehead atoms. The smallest absolute Gasteiger partial charge is 0.277 e. The molecule has 0 aliphatic carbocycles. The van der Waals surface area contributed by atoms with Gasteiger partial charge < -0.3 is 9.73 Å². The average Bonchev–Trinajstić information content (AvgIpc) is 3.15. The van der Waals surface area contributed by atoms with Crippen LogP contribution in [0.1, 0.15) is 0 Å². The van der Waals surface area contributed by atoms with Crippen LogP contribution >= 0.6 is 11.8 Å². The summed E-state index contributed by atoms with van der Waals surface area (Å²) in [6.45, 7) is 0. The van der Waals surface area contributed by atoms with Gasteiger partial charge in [-0.15, -0.1) is 10.2 Å². The quantitative estimate of drug-likeness (QED) is 0.320. The zero-order chi connectivity index (χ0) is 21.0. The lowest BCUT2D eigenvalue weighted by molar-refractivity contribution is -0.384. The van der Waals surface area contributed by atoms with Gasteiger partial charge >= 0.3 is 0 Å². The highest BCUT2D eigenvalue weighted by atomic mass is 32.2. The van der Waals surface area contributed by atoms with Crippen LogP contribution in [0.15, 0.2) is 63.1 Å². The van der Waals surface area contributed by atoms with E-state index in [1.165, 1.54) is 48.5 Å². The van der Waals surface area contributed by atoms with Gasteiger partial charge in [-0.05, 0) is 36.4 Å². The van der Waals surface area contributed by atoms with E-state index in [4.69, 9.17) is 9.56 Å². The molecule has 2 aromatic carbocycles. The molecule has 3 aromatic rings. The third kappa shape index (κ3) is 5.37. The van der Waals surface area contributed by atoms with Gasteiger partial charge in [-0.25, -0.2) is 13.6 Å². The Bertz CT molecular complexity index is 1140. The summed E-state index contributed by atoms with van der Waals surface area (Å²) < 4.78 is 28.0. The molecule has 0 aliphatic rings. The van der Waals surface area contributed by atoms with E-state index in [1.54, 1.807) is 0 Å². The van der Waals surface area contributed by atoms with E-state index in [0.717, 1.165) is 11.8 Å². The topological polar surface area (TPSA) is 171 Å². The molecule has 13 heteroatoms. The lowest BCUT2D eigenvalue weighted by Crippen LogP contribution is -2.13. The van der Waals surface area contributed by atoms with Crippen LogP contribution in [0.4, 0.5) is 11.4 Å². The maximum absolute atomic E-state index is 12.0. The summed E-state index contributed by atoms with van der Waals surface area (Å²) in [4.78, 5) is 22.0. The summed E-state index contributed by atoms with van der Waals surface area (Å²) in [6.07, 6.45) is 0. The third-order valence-electron chi connectivity index (χ3n) is 3.52. The van der Waals surface area contributed by atoms with Gasteiger partial charge in [0, 0.05) is 23.4 Å². The Balaban J connectivity index is 1.57. The number of anilines is 1. The summed E-state index contributed by atoms with van der Waals surface area (Å²) in [5.41, 5.74) is 0.835. The molecule has 29 heavy (non-hydrogen) atoms. The molecule has 150 valence electrons. The van der Waals surface area contributed by atoms with Crippen molar-refractivity contribution in [2.24, 2.45) is 5.14 Å². The largest absolute Gasteiger partial charge is 0.411 e. The van der Waals surface area contributed by atoms with Crippen molar-refractivity contribution in [2.45, 2.75) is 10.1 Å². The number of carbonyl (C=O) groups is 1. The molecule has 0 unspecified atom stereocenters. The van der Waals surface area contributed by atoms with Gasteiger partial charge in [0.2, 0.25) is 21.8 Å². The minimum Gasteiger partial charge on any atom is -0.411 e. The second-order valence-corrected chi connectivity index (χ2v) is 8.07. The minimum absolute atomic E-state index is 0.0248. The monoisotopic (exact) mass is 435 g/mol. The number of sulfonamides is 1. The van der Waals surface area contributed by atoms with Crippen LogP contribution in [0.25, 0.3) is 11.5 Å². The maximum Gasteiger partial charge on any atom is 0.277 e.